The van der Waals surface area contributed by atoms with Crippen LogP contribution in [0, 0.1) is 0 Å². The first-order valence-corrected chi connectivity index (χ1v) is 11.3. The van der Waals surface area contributed by atoms with E-state index in [0.29, 0.717) is 0 Å². The van der Waals surface area contributed by atoms with Gasteiger partial charge >= 0.3 is 0 Å². The Kier molecular flexibility index (Phi) is 5.14. The van der Waals surface area contributed by atoms with Crippen molar-refractivity contribution in [3.8, 4) is 0 Å². The second-order valence-electron chi connectivity index (χ2n) is 7.49. The Morgan fingerprint density at radius 1 is 0.917 bits per heavy atom. The second-order valence-corrected chi connectivity index (χ2v) is 12.8. The monoisotopic (exact) mass is 400 g/mol. The number of halogens is 1. The van der Waals surface area contributed by atoms with Gasteiger partial charge in [0.15, 0.2) is 0 Å². The molecule has 0 fully saturated rings. The predicted octanol–water partition coefficient (Wildman–Crippen LogP) is 5.00. The third kappa shape index (κ3) is 3.30. The average molecular weight is 401 g/mol. The van der Waals surface area contributed by atoms with E-state index in [1.165, 1.54) is 14.9 Å². The first kappa shape index (κ1) is 17.7. The van der Waals surface area contributed by atoms with Crippen molar-refractivity contribution in [2.24, 2.45) is 0 Å². The van der Waals surface area contributed by atoms with Gasteiger partial charge in [-0.05, 0) is 26.3 Å². The fourth-order valence-corrected chi connectivity index (χ4v) is 8.92. The molecule has 24 heavy (non-hydrogen) atoms. The molecule has 1 aliphatic rings. The highest BCUT2D eigenvalue weighted by Crippen LogP contribution is 2.39. The van der Waals surface area contributed by atoms with E-state index in [4.69, 9.17) is 4.43 Å². The van der Waals surface area contributed by atoms with Crippen molar-refractivity contribution in [1.29, 1.82) is 0 Å². The zero-order chi connectivity index (χ0) is 17.2. The summed E-state index contributed by atoms with van der Waals surface area (Å²) in [7, 11) is -2.40. The topological polar surface area (TPSA) is 9.23 Å². The first-order valence-electron chi connectivity index (χ1n) is 8.57. The molecular formula is C21H25BrOSi. The lowest BCUT2D eigenvalue weighted by molar-refractivity contribution is 0.201. The van der Waals surface area contributed by atoms with Gasteiger partial charge in [0.2, 0.25) is 0 Å². The van der Waals surface area contributed by atoms with Gasteiger partial charge in [0, 0.05) is 6.42 Å². The zero-order valence-corrected chi connectivity index (χ0v) is 17.2. The molecule has 0 N–H and O–H groups in total. The molecule has 2 aromatic carbocycles. The van der Waals surface area contributed by atoms with E-state index >= 15 is 0 Å². The molecule has 0 aliphatic heterocycles. The molecule has 0 amide bonds. The molecule has 1 atom stereocenters. The summed E-state index contributed by atoms with van der Waals surface area (Å²) >= 11 is 3.65. The lowest BCUT2D eigenvalue weighted by Crippen LogP contribution is -2.67. The van der Waals surface area contributed by atoms with Crippen LogP contribution in [0.2, 0.25) is 5.04 Å². The quantitative estimate of drug-likeness (QED) is 0.655. The molecule has 3 rings (SSSR count). The van der Waals surface area contributed by atoms with Crippen LogP contribution in [0.1, 0.15) is 33.6 Å². The Hall–Kier alpha value is -1.16. The van der Waals surface area contributed by atoms with Gasteiger partial charge in [0.25, 0.3) is 8.32 Å². The Balaban J connectivity index is 2.14. The molecule has 0 spiro atoms. The summed E-state index contributed by atoms with van der Waals surface area (Å²) in [5.41, 5.74) is 0. The van der Waals surface area contributed by atoms with Crippen LogP contribution in [0.5, 0.6) is 0 Å². The van der Waals surface area contributed by atoms with Gasteiger partial charge in [-0.3, -0.25) is 0 Å². The normalized spacial score (nSPS) is 18.5. The van der Waals surface area contributed by atoms with E-state index in [9.17, 15) is 0 Å². The number of hydrogen-bond donors (Lipinski definition) is 0. The van der Waals surface area contributed by atoms with Gasteiger partial charge in [0.05, 0.1) is 6.10 Å². The molecule has 126 valence electrons. The largest absolute Gasteiger partial charge is 0.404 e. The Morgan fingerprint density at radius 3 is 1.79 bits per heavy atom. The third-order valence-electron chi connectivity index (χ3n) is 4.79. The first-order chi connectivity index (χ1) is 11.4. The minimum Gasteiger partial charge on any atom is -0.404 e. The van der Waals surface area contributed by atoms with Crippen LogP contribution in [-0.2, 0) is 4.43 Å². The lowest BCUT2D eigenvalue weighted by Gasteiger charge is -2.44. The van der Waals surface area contributed by atoms with Crippen molar-refractivity contribution in [3.63, 3.8) is 0 Å². The summed E-state index contributed by atoms with van der Waals surface area (Å²) in [5.74, 6) is 0. The highest BCUT2D eigenvalue weighted by atomic mass is 79.9. The Labute approximate surface area is 155 Å². The van der Waals surface area contributed by atoms with E-state index in [1.807, 2.05) is 0 Å². The van der Waals surface area contributed by atoms with Crippen molar-refractivity contribution in [2.75, 3.05) is 0 Å². The molecule has 1 aliphatic carbocycles. The van der Waals surface area contributed by atoms with Gasteiger partial charge in [0.1, 0.15) is 0 Å². The average Bonchev–Trinajstić information content (AvgIpc) is 2.98. The number of benzene rings is 2. The zero-order valence-electron chi connectivity index (χ0n) is 14.6. The van der Waals surface area contributed by atoms with E-state index in [1.54, 1.807) is 0 Å². The van der Waals surface area contributed by atoms with Crippen LogP contribution in [0.25, 0.3) is 0 Å². The van der Waals surface area contributed by atoms with Crippen molar-refractivity contribution in [1.82, 2.24) is 0 Å². The SMILES string of the molecule is CC(C)(C)[Si](O[C@H]1CC=C(Br)C1)(c1ccccc1)c1ccccc1. The van der Waals surface area contributed by atoms with Crippen molar-refractivity contribution in [3.05, 3.63) is 71.2 Å². The molecule has 0 heterocycles. The fraction of sp³-hybridized carbons (Fsp3) is 0.333. The highest BCUT2D eigenvalue weighted by molar-refractivity contribution is 9.11. The third-order valence-corrected chi connectivity index (χ3v) is 10.5. The van der Waals surface area contributed by atoms with Crippen molar-refractivity contribution >= 4 is 34.6 Å². The number of hydrogen-bond acceptors (Lipinski definition) is 1. The summed E-state index contributed by atoms with van der Waals surface area (Å²) in [6.45, 7) is 6.99. The van der Waals surface area contributed by atoms with Gasteiger partial charge in [-0.2, -0.15) is 0 Å². The molecule has 0 bridgehead atoms. The number of rotatable bonds is 4. The summed E-state index contributed by atoms with van der Waals surface area (Å²) in [4.78, 5) is 0. The molecule has 3 heteroatoms. The molecule has 0 saturated carbocycles. The van der Waals surface area contributed by atoms with E-state index in [-0.39, 0.29) is 11.1 Å². The molecule has 0 radical (unpaired) electrons. The lowest BCUT2D eigenvalue weighted by atomic mass is 10.2. The molecular weight excluding hydrogens is 376 g/mol. The van der Waals surface area contributed by atoms with Gasteiger partial charge in [-0.15, -0.1) is 0 Å². The molecule has 0 unspecified atom stereocenters. The standard InChI is InChI=1S/C21H25BrOSi/c1-21(2,3)24(19-10-6-4-7-11-19,20-12-8-5-9-13-20)23-18-15-14-17(22)16-18/h4-14,18H,15-16H2,1-3H3/t18-/m0/s1. The maximum atomic E-state index is 7.06. The minimum absolute atomic E-state index is 0.0464. The van der Waals surface area contributed by atoms with Gasteiger partial charge in [-0.1, -0.05) is 103 Å². The predicted molar refractivity (Wildman–Crippen MR) is 109 cm³/mol. The summed E-state index contributed by atoms with van der Waals surface area (Å²) in [5, 5.41) is 2.75. The molecule has 2 aromatic rings. The van der Waals surface area contributed by atoms with E-state index < -0.39 is 8.32 Å². The van der Waals surface area contributed by atoms with Crippen molar-refractivity contribution < 1.29 is 4.43 Å². The van der Waals surface area contributed by atoms with Gasteiger partial charge in [-0.25, -0.2) is 0 Å². The van der Waals surface area contributed by atoms with Crippen LogP contribution in [0.3, 0.4) is 0 Å². The molecule has 0 aromatic heterocycles. The summed E-state index contributed by atoms with van der Waals surface area (Å²) in [6.07, 6.45) is 4.48. The summed E-state index contributed by atoms with van der Waals surface area (Å²) in [6, 6.07) is 21.7. The minimum atomic E-state index is -2.40. The van der Waals surface area contributed by atoms with Crippen LogP contribution in [-0.4, -0.2) is 14.4 Å². The second kappa shape index (κ2) is 6.99. The maximum Gasteiger partial charge on any atom is 0.261 e. The molecule has 1 nitrogen and oxygen atoms in total. The Bertz CT molecular complexity index is 664. The fourth-order valence-electron chi connectivity index (χ4n) is 3.67. The van der Waals surface area contributed by atoms with Crippen LogP contribution in [0.15, 0.2) is 71.2 Å². The molecule has 0 saturated heterocycles. The van der Waals surface area contributed by atoms with Crippen LogP contribution < -0.4 is 10.4 Å². The van der Waals surface area contributed by atoms with Gasteiger partial charge < -0.3 is 4.43 Å². The summed E-state index contributed by atoms with van der Waals surface area (Å²) < 4.78 is 8.33. The highest BCUT2D eigenvalue weighted by Gasteiger charge is 2.51. The maximum absolute atomic E-state index is 7.06. The Morgan fingerprint density at radius 2 is 1.42 bits per heavy atom. The van der Waals surface area contributed by atoms with Crippen LogP contribution in [0.4, 0.5) is 0 Å². The van der Waals surface area contributed by atoms with Crippen molar-refractivity contribution in [2.45, 2.75) is 44.8 Å². The van der Waals surface area contributed by atoms with E-state index in [0.717, 1.165) is 12.8 Å². The van der Waals surface area contributed by atoms with E-state index in [2.05, 4.69) is 103 Å². The van der Waals surface area contributed by atoms with Crippen LogP contribution >= 0.6 is 15.9 Å². The smallest absolute Gasteiger partial charge is 0.261 e.